The van der Waals surface area contributed by atoms with Crippen molar-refractivity contribution in [3.63, 3.8) is 0 Å². The molecule has 0 radical (unpaired) electrons. The zero-order valence-corrected chi connectivity index (χ0v) is 19.5. The number of carbonyl (C=O) groups excluding carboxylic acids is 2. The summed E-state index contributed by atoms with van der Waals surface area (Å²) >= 11 is 0. The van der Waals surface area contributed by atoms with Crippen molar-refractivity contribution in [2.45, 2.75) is 32.4 Å². The van der Waals surface area contributed by atoms with Crippen molar-refractivity contribution < 1.29 is 9.59 Å². The fraction of sp³-hybridized carbons (Fsp3) is 0.222. The SMILES string of the molecule is Cc1ccc(NC(=O)c2cccc([C@H]3CCCN3C(=O)c3ccc(Cn4cccn4)cc3)n2)nc1. The lowest BCUT2D eigenvalue weighted by Gasteiger charge is -2.25. The van der Waals surface area contributed by atoms with Crippen molar-refractivity contribution in [3.8, 4) is 0 Å². The van der Waals surface area contributed by atoms with E-state index in [4.69, 9.17) is 0 Å². The van der Waals surface area contributed by atoms with Crippen LogP contribution in [0.4, 0.5) is 5.82 Å². The Hall–Kier alpha value is -4.33. The van der Waals surface area contributed by atoms with Gasteiger partial charge in [-0.1, -0.05) is 24.3 Å². The van der Waals surface area contributed by atoms with Gasteiger partial charge >= 0.3 is 0 Å². The van der Waals surface area contributed by atoms with Crippen LogP contribution in [-0.4, -0.2) is 43.0 Å². The van der Waals surface area contributed by atoms with Crippen LogP contribution < -0.4 is 5.32 Å². The Morgan fingerprint density at radius 1 is 1.06 bits per heavy atom. The van der Waals surface area contributed by atoms with E-state index in [-0.39, 0.29) is 17.9 Å². The summed E-state index contributed by atoms with van der Waals surface area (Å²) in [4.78, 5) is 36.8. The van der Waals surface area contributed by atoms with Gasteiger partial charge in [0.15, 0.2) is 0 Å². The molecule has 2 amide bonds. The Bertz CT molecular complexity index is 1320. The summed E-state index contributed by atoms with van der Waals surface area (Å²) in [5.74, 6) is 0.118. The van der Waals surface area contributed by atoms with Gasteiger partial charge in [0.05, 0.1) is 18.3 Å². The molecular formula is C27H26N6O2. The molecule has 1 atom stereocenters. The molecule has 0 saturated carbocycles. The van der Waals surface area contributed by atoms with Crippen molar-refractivity contribution >= 4 is 17.6 Å². The number of anilines is 1. The average molecular weight is 467 g/mol. The van der Waals surface area contributed by atoms with E-state index in [0.717, 1.165) is 29.7 Å². The quantitative estimate of drug-likeness (QED) is 0.458. The second-order valence-corrected chi connectivity index (χ2v) is 8.68. The molecule has 4 heterocycles. The predicted octanol–water partition coefficient (Wildman–Crippen LogP) is 4.26. The highest BCUT2D eigenvalue weighted by Crippen LogP contribution is 2.32. The van der Waals surface area contributed by atoms with Crippen molar-refractivity contribution in [1.82, 2.24) is 24.6 Å². The molecule has 8 nitrogen and oxygen atoms in total. The summed E-state index contributed by atoms with van der Waals surface area (Å²) in [6.45, 7) is 3.25. The molecule has 8 heteroatoms. The number of aromatic nitrogens is 4. The van der Waals surface area contributed by atoms with Gasteiger partial charge in [-0.25, -0.2) is 9.97 Å². The van der Waals surface area contributed by atoms with Crippen LogP contribution in [0.25, 0.3) is 0 Å². The summed E-state index contributed by atoms with van der Waals surface area (Å²) in [6, 6.07) is 18.4. The second kappa shape index (κ2) is 9.89. The number of pyridine rings is 2. The molecule has 1 aliphatic rings. The topological polar surface area (TPSA) is 93.0 Å². The van der Waals surface area contributed by atoms with Gasteiger partial charge in [-0.15, -0.1) is 0 Å². The van der Waals surface area contributed by atoms with E-state index in [1.54, 1.807) is 24.5 Å². The van der Waals surface area contributed by atoms with E-state index < -0.39 is 0 Å². The third kappa shape index (κ3) is 5.11. The molecule has 5 rings (SSSR count). The van der Waals surface area contributed by atoms with E-state index in [2.05, 4.69) is 20.4 Å². The highest BCUT2D eigenvalue weighted by Gasteiger charge is 2.32. The number of carbonyl (C=O) groups is 2. The van der Waals surface area contributed by atoms with Gasteiger partial charge < -0.3 is 10.2 Å². The maximum absolute atomic E-state index is 13.3. The molecule has 1 fully saturated rings. The van der Waals surface area contributed by atoms with Crippen molar-refractivity contribution in [2.75, 3.05) is 11.9 Å². The molecular weight excluding hydrogens is 440 g/mol. The Morgan fingerprint density at radius 3 is 2.66 bits per heavy atom. The number of hydrogen-bond donors (Lipinski definition) is 1. The first-order valence-corrected chi connectivity index (χ1v) is 11.6. The average Bonchev–Trinajstić information content (AvgIpc) is 3.58. The van der Waals surface area contributed by atoms with Gasteiger partial charge in [0.1, 0.15) is 11.5 Å². The maximum atomic E-state index is 13.3. The van der Waals surface area contributed by atoms with Crippen molar-refractivity contribution in [1.29, 1.82) is 0 Å². The first-order valence-electron chi connectivity index (χ1n) is 11.6. The predicted molar refractivity (Wildman–Crippen MR) is 132 cm³/mol. The molecule has 1 saturated heterocycles. The maximum Gasteiger partial charge on any atom is 0.275 e. The molecule has 0 bridgehead atoms. The highest BCUT2D eigenvalue weighted by atomic mass is 16.2. The summed E-state index contributed by atoms with van der Waals surface area (Å²) < 4.78 is 1.84. The Labute approximate surface area is 203 Å². The third-order valence-corrected chi connectivity index (χ3v) is 6.12. The minimum Gasteiger partial charge on any atom is -0.330 e. The number of nitrogens with zero attached hydrogens (tertiary/aromatic N) is 5. The van der Waals surface area contributed by atoms with E-state index in [1.165, 1.54) is 0 Å². The normalized spacial score (nSPS) is 15.2. The first-order chi connectivity index (χ1) is 17.1. The lowest BCUT2D eigenvalue weighted by molar-refractivity contribution is 0.0733. The molecule has 1 aromatic carbocycles. The summed E-state index contributed by atoms with van der Waals surface area (Å²) in [5, 5.41) is 7.01. The van der Waals surface area contributed by atoms with E-state index >= 15 is 0 Å². The highest BCUT2D eigenvalue weighted by molar-refractivity contribution is 6.02. The van der Waals surface area contributed by atoms with Crippen molar-refractivity contribution in [3.05, 3.63) is 107 Å². The van der Waals surface area contributed by atoms with Crippen LogP contribution in [0.15, 0.2) is 79.3 Å². The number of benzene rings is 1. The molecule has 0 spiro atoms. The molecule has 35 heavy (non-hydrogen) atoms. The number of hydrogen-bond acceptors (Lipinski definition) is 5. The van der Waals surface area contributed by atoms with Crippen molar-refractivity contribution in [2.24, 2.45) is 0 Å². The van der Waals surface area contributed by atoms with Gasteiger partial charge in [-0.3, -0.25) is 14.3 Å². The minimum atomic E-state index is -0.327. The minimum absolute atomic E-state index is 0.0290. The van der Waals surface area contributed by atoms with Crippen LogP contribution in [0.5, 0.6) is 0 Å². The summed E-state index contributed by atoms with van der Waals surface area (Å²) in [6.07, 6.45) is 7.05. The third-order valence-electron chi connectivity index (χ3n) is 6.12. The van der Waals surface area contributed by atoms with Crippen LogP contribution in [-0.2, 0) is 6.54 Å². The van der Waals surface area contributed by atoms with Crippen LogP contribution in [0.2, 0.25) is 0 Å². The standard InChI is InChI=1S/C27H26N6O2/c1-19-8-13-25(28-17-19)31-26(34)23-6-2-5-22(30-23)24-7-3-16-33(24)27(35)21-11-9-20(10-12-21)18-32-15-4-14-29-32/h2,4-6,8-15,17,24H,3,7,16,18H2,1H3,(H,28,31,34)/t24-/m1/s1. The van der Waals surface area contributed by atoms with E-state index in [1.807, 2.05) is 71.2 Å². The van der Waals surface area contributed by atoms with Gasteiger partial charge in [-0.2, -0.15) is 5.10 Å². The summed E-state index contributed by atoms with van der Waals surface area (Å²) in [5.41, 5.74) is 3.75. The molecule has 0 unspecified atom stereocenters. The molecule has 1 N–H and O–H groups in total. The second-order valence-electron chi connectivity index (χ2n) is 8.68. The smallest absolute Gasteiger partial charge is 0.275 e. The Kier molecular flexibility index (Phi) is 6.34. The first kappa shape index (κ1) is 22.5. The molecule has 4 aromatic rings. The van der Waals surface area contributed by atoms with E-state index in [9.17, 15) is 9.59 Å². The number of nitrogens with one attached hydrogen (secondary N) is 1. The zero-order valence-electron chi connectivity index (χ0n) is 19.5. The van der Waals surface area contributed by atoms with Gasteiger partial charge in [-0.05, 0) is 67.3 Å². The van der Waals surface area contributed by atoms with Gasteiger partial charge in [0, 0.05) is 30.7 Å². The fourth-order valence-electron chi connectivity index (χ4n) is 4.30. The fourth-order valence-corrected chi connectivity index (χ4v) is 4.30. The lowest BCUT2D eigenvalue weighted by Crippen LogP contribution is -2.31. The monoisotopic (exact) mass is 466 g/mol. The number of rotatable bonds is 6. The Morgan fingerprint density at radius 2 is 1.91 bits per heavy atom. The zero-order chi connectivity index (χ0) is 24.2. The largest absolute Gasteiger partial charge is 0.330 e. The molecule has 0 aliphatic carbocycles. The number of likely N-dealkylation sites (tertiary alicyclic amines) is 1. The van der Waals surface area contributed by atoms with Crippen LogP contribution >= 0.6 is 0 Å². The van der Waals surface area contributed by atoms with Gasteiger partial charge in [0.2, 0.25) is 0 Å². The molecule has 176 valence electrons. The number of amides is 2. The van der Waals surface area contributed by atoms with Gasteiger partial charge in [0.25, 0.3) is 11.8 Å². The van der Waals surface area contributed by atoms with Crippen LogP contribution in [0.1, 0.15) is 56.6 Å². The Balaban J connectivity index is 1.29. The van der Waals surface area contributed by atoms with Crippen LogP contribution in [0, 0.1) is 6.92 Å². The lowest BCUT2D eigenvalue weighted by atomic mass is 10.1. The number of aryl methyl sites for hydroxylation is 1. The molecule has 1 aliphatic heterocycles. The van der Waals surface area contributed by atoms with Crippen LogP contribution in [0.3, 0.4) is 0 Å². The molecule has 3 aromatic heterocycles. The van der Waals surface area contributed by atoms with E-state index in [0.29, 0.717) is 30.2 Å². The summed E-state index contributed by atoms with van der Waals surface area (Å²) in [7, 11) is 0.